The van der Waals surface area contributed by atoms with Crippen LogP contribution in [0.5, 0.6) is 0 Å². The van der Waals surface area contributed by atoms with Crippen LogP contribution in [-0.2, 0) is 12.8 Å². The van der Waals surface area contributed by atoms with Gasteiger partial charge in [-0.25, -0.2) is 0 Å². The van der Waals surface area contributed by atoms with Gasteiger partial charge in [-0.15, -0.1) is 0 Å². The first kappa shape index (κ1) is 18.7. The first-order valence-corrected chi connectivity index (χ1v) is 11.1. The van der Waals surface area contributed by atoms with Crippen LogP contribution >= 0.6 is 0 Å². The Hall–Kier alpha value is -1.04. The average Bonchev–Trinajstić information content (AvgIpc) is 3.10. The van der Waals surface area contributed by atoms with Crippen LogP contribution in [0, 0.1) is 6.42 Å². The van der Waals surface area contributed by atoms with Crippen molar-refractivity contribution in [1.82, 2.24) is 0 Å². The van der Waals surface area contributed by atoms with Crippen LogP contribution in [0.3, 0.4) is 0 Å². The first-order valence-electron chi connectivity index (χ1n) is 11.1. The van der Waals surface area contributed by atoms with E-state index in [4.69, 9.17) is 0 Å². The lowest BCUT2D eigenvalue weighted by Gasteiger charge is -2.15. The summed E-state index contributed by atoms with van der Waals surface area (Å²) >= 11 is 0. The van der Waals surface area contributed by atoms with Crippen molar-refractivity contribution in [1.29, 1.82) is 0 Å². The van der Waals surface area contributed by atoms with E-state index in [9.17, 15) is 0 Å². The summed E-state index contributed by atoms with van der Waals surface area (Å²) < 4.78 is 0. The summed E-state index contributed by atoms with van der Waals surface area (Å²) in [4.78, 5) is 0. The minimum absolute atomic E-state index is 1.29. The third-order valence-corrected chi connectivity index (χ3v) is 6.15. The van der Waals surface area contributed by atoms with Gasteiger partial charge in [0.15, 0.2) is 0 Å². The molecule has 1 aromatic rings. The summed E-state index contributed by atoms with van der Waals surface area (Å²) in [6, 6.07) is 4.77. The van der Waals surface area contributed by atoms with E-state index in [-0.39, 0.29) is 0 Å². The molecular formula is C25H37. The van der Waals surface area contributed by atoms with Crippen LogP contribution in [-0.4, -0.2) is 0 Å². The fourth-order valence-electron chi connectivity index (χ4n) is 4.59. The van der Waals surface area contributed by atoms with E-state index >= 15 is 0 Å². The lowest BCUT2D eigenvalue weighted by Crippen LogP contribution is -2.00. The minimum atomic E-state index is 1.29. The summed E-state index contributed by atoms with van der Waals surface area (Å²) in [6.45, 7) is 0. The molecule has 0 saturated carbocycles. The Morgan fingerprint density at radius 2 is 1.04 bits per heavy atom. The zero-order valence-corrected chi connectivity index (χ0v) is 16.2. The molecule has 0 bridgehead atoms. The molecule has 0 heteroatoms. The molecule has 1 aromatic carbocycles. The van der Waals surface area contributed by atoms with Crippen molar-refractivity contribution in [3.05, 3.63) is 46.9 Å². The highest BCUT2D eigenvalue weighted by Crippen LogP contribution is 2.30. The van der Waals surface area contributed by atoms with E-state index in [1.54, 1.807) is 11.1 Å². The number of hydrogen-bond acceptors (Lipinski definition) is 0. The van der Waals surface area contributed by atoms with Crippen molar-refractivity contribution in [3.8, 4) is 0 Å². The molecule has 0 aromatic heterocycles. The fraction of sp³-hybridized carbons (Fsp3) is 0.640. The van der Waals surface area contributed by atoms with Gasteiger partial charge in [-0.1, -0.05) is 101 Å². The molecule has 0 heterocycles. The lowest BCUT2D eigenvalue weighted by molar-refractivity contribution is 0.530. The molecule has 0 fully saturated rings. The van der Waals surface area contributed by atoms with Crippen LogP contribution in [0.25, 0.3) is 6.08 Å². The number of aryl methyl sites for hydroxylation is 1. The Morgan fingerprint density at radius 3 is 1.64 bits per heavy atom. The fourth-order valence-corrected chi connectivity index (χ4v) is 4.59. The van der Waals surface area contributed by atoms with E-state index in [1.165, 1.54) is 114 Å². The maximum Gasteiger partial charge on any atom is 0.0131 e. The molecule has 0 spiro atoms. The van der Waals surface area contributed by atoms with Gasteiger partial charge < -0.3 is 0 Å². The van der Waals surface area contributed by atoms with E-state index in [0.717, 1.165) is 0 Å². The number of fused-ring (bicyclic) bond motifs is 3. The van der Waals surface area contributed by atoms with Gasteiger partial charge in [0, 0.05) is 6.42 Å². The zero-order chi connectivity index (χ0) is 17.2. The summed E-state index contributed by atoms with van der Waals surface area (Å²) in [5, 5.41) is 0. The molecule has 0 unspecified atom stereocenters. The topological polar surface area (TPSA) is 0 Å². The smallest absolute Gasteiger partial charge is 0.0131 e. The molecule has 0 N–H and O–H groups in total. The average molecular weight is 338 g/mol. The summed E-state index contributed by atoms with van der Waals surface area (Å²) in [5.41, 5.74) is 6.29. The number of allylic oxidation sites excluding steroid dienone is 1. The summed E-state index contributed by atoms with van der Waals surface area (Å²) in [5.74, 6) is 0. The van der Waals surface area contributed by atoms with Crippen molar-refractivity contribution >= 4 is 6.08 Å². The lowest BCUT2D eigenvalue weighted by atomic mass is 9.90. The highest BCUT2D eigenvalue weighted by molar-refractivity contribution is 5.69. The SMILES string of the molecule is [CH]1C=Cc2c1ccc1c2CCCCCCCCCCCCCCCC1. The van der Waals surface area contributed by atoms with Crippen molar-refractivity contribution in [3.63, 3.8) is 0 Å². The third kappa shape index (κ3) is 6.01. The molecule has 2 aliphatic rings. The third-order valence-electron chi connectivity index (χ3n) is 6.15. The van der Waals surface area contributed by atoms with Gasteiger partial charge >= 0.3 is 0 Å². The van der Waals surface area contributed by atoms with Crippen molar-refractivity contribution in [2.45, 2.75) is 103 Å². The summed E-state index contributed by atoms with van der Waals surface area (Å²) in [7, 11) is 0. The Kier molecular flexibility index (Phi) is 8.13. The van der Waals surface area contributed by atoms with Gasteiger partial charge in [-0.2, -0.15) is 0 Å². The second-order valence-corrected chi connectivity index (χ2v) is 8.18. The van der Waals surface area contributed by atoms with Crippen molar-refractivity contribution in [2.75, 3.05) is 0 Å². The Labute approximate surface area is 156 Å². The van der Waals surface area contributed by atoms with Crippen LogP contribution in [0.2, 0.25) is 0 Å². The molecule has 0 atom stereocenters. The molecule has 0 nitrogen and oxygen atoms in total. The quantitative estimate of drug-likeness (QED) is 0.452. The molecule has 25 heavy (non-hydrogen) atoms. The summed E-state index contributed by atoms with van der Waals surface area (Å²) in [6.07, 6.45) is 29.6. The Balaban J connectivity index is 1.60. The predicted octanol–water partition coefficient (Wildman–Crippen LogP) is 7.83. The maximum absolute atomic E-state index is 2.43. The van der Waals surface area contributed by atoms with Gasteiger partial charge in [0.2, 0.25) is 0 Å². The largest absolute Gasteiger partial charge is 0.0754 e. The highest BCUT2D eigenvalue weighted by atomic mass is 14.2. The van der Waals surface area contributed by atoms with Crippen molar-refractivity contribution < 1.29 is 0 Å². The van der Waals surface area contributed by atoms with Gasteiger partial charge in [0.05, 0.1) is 0 Å². The van der Waals surface area contributed by atoms with E-state index in [1.807, 2.05) is 0 Å². The predicted molar refractivity (Wildman–Crippen MR) is 111 cm³/mol. The first-order chi connectivity index (χ1) is 12.4. The van der Waals surface area contributed by atoms with Crippen LogP contribution in [0.15, 0.2) is 18.2 Å². The number of hydrogen-bond donors (Lipinski definition) is 0. The minimum Gasteiger partial charge on any atom is -0.0754 e. The molecule has 0 aliphatic heterocycles. The second-order valence-electron chi connectivity index (χ2n) is 8.18. The normalized spacial score (nSPS) is 21.1. The monoisotopic (exact) mass is 337 g/mol. The zero-order valence-electron chi connectivity index (χ0n) is 16.2. The second kappa shape index (κ2) is 10.8. The molecule has 0 saturated heterocycles. The maximum atomic E-state index is 2.43. The van der Waals surface area contributed by atoms with Crippen LogP contribution in [0.1, 0.15) is 112 Å². The van der Waals surface area contributed by atoms with Crippen LogP contribution in [0.4, 0.5) is 0 Å². The molecule has 0 amide bonds. The number of rotatable bonds is 0. The van der Waals surface area contributed by atoms with E-state index in [2.05, 4.69) is 30.7 Å². The molecule has 1 radical (unpaired) electrons. The Morgan fingerprint density at radius 1 is 0.520 bits per heavy atom. The van der Waals surface area contributed by atoms with Gasteiger partial charge in [-0.05, 0) is 47.9 Å². The highest BCUT2D eigenvalue weighted by Gasteiger charge is 2.14. The molecule has 137 valence electrons. The van der Waals surface area contributed by atoms with Crippen molar-refractivity contribution in [2.24, 2.45) is 0 Å². The number of benzene rings is 1. The van der Waals surface area contributed by atoms with Crippen LogP contribution < -0.4 is 0 Å². The Bertz CT molecular complexity index is 537. The molecular weight excluding hydrogens is 300 g/mol. The van der Waals surface area contributed by atoms with Gasteiger partial charge in [0.1, 0.15) is 0 Å². The van der Waals surface area contributed by atoms with Gasteiger partial charge in [-0.3, -0.25) is 0 Å². The molecule has 2 aliphatic carbocycles. The van der Waals surface area contributed by atoms with E-state index < -0.39 is 0 Å². The van der Waals surface area contributed by atoms with Gasteiger partial charge in [0.25, 0.3) is 0 Å². The molecule has 3 rings (SSSR count). The van der Waals surface area contributed by atoms with E-state index in [0.29, 0.717) is 0 Å². The standard InChI is InChI=1S/C25H37/c1-2-4-6-8-10-12-14-18-24-22(16-13-11-9-7-5-3-1)20-21-23-17-15-19-25(23)24/h15,17,19-21H,1-14,16,18H2.